The monoisotopic (exact) mass is 163 g/mol. The smallest absolute Gasteiger partial charge is 0.194 e. The molecule has 1 aliphatic rings. The Balaban J connectivity index is 2.26. The topological polar surface area (TPSA) is 26.1 Å². The van der Waals surface area contributed by atoms with Gasteiger partial charge in [0.15, 0.2) is 12.4 Å². The lowest BCUT2D eigenvalue weighted by Gasteiger charge is -2.08. The van der Waals surface area contributed by atoms with Gasteiger partial charge in [-0.05, 0) is 17.7 Å². The first-order valence-corrected chi connectivity index (χ1v) is 3.54. The number of nitrogens with zero attached hydrogens (tertiary/aromatic N) is 1. The van der Waals surface area contributed by atoms with E-state index in [0.29, 0.717) is 0 Å². The lowest BCUT2D eigenvalue weighted by atomic mass is 10.1. The van der Waals surface area contributed by atoms with Crippen molar-refractivity contribution in [1.82, 2.24) is 0 Å². The maximum absolute atomic E-state index is 12.4. The first kappa shape index (κ1) is 7.03. The summed E-state index contributed by atoms with van der Waals surface area (Å²) >= 11 is 0. The van der Waals surface area contributed by atoms with Crippen LogP contribution >= 0.6 is 0 Å². The standard InChI is InChI=1S/C9H6FNO/c10-9-3-1-7(2-4-9)8-5-11(12)6-8/h1-6H. The average Bonchev–Trinajstić information content (AvgIpc) is 2.01. The molecular formula is C9H6FNO. The molecule has 0 unspecified atom stereocenters. The van der Waals surface area contributed by atoms with Crippen LogP contribution in [0, 0.1) is 11.0 Å². The van der Waals surface area contributed by atoms with E-state index in [1.807, 2.05) is 0 Å². The van der Waals surface area contributed by atoms with E-state index in [1.54, 1.807) is 12.1 Å². The molecule has 0 aliphatic carbocycles. The largest absolute Gasteiger partial charge is 0.619 e. The fourth-order valence-corrected chi connectivity index (χ4v) is 1.05. The van der Waals surface area contributed by atoms with Gasteiger partial charge in [0.1, 0.15) is 11.4 Å². The molecule has 0 amide bonds. The molecule has 2 nitrogen and oxygen atoms in total. The van der Waals surface area contributed by atoms with Gasteiger partial charge in [-0.25, -0.2) is 4.39 Å². The van der Waals surface area contributed by atoms with Gasteiger partial charge in [0.25, 0.3) is 0 Å². The van der Waals surface area contributed by atoms with Crippen molar-refractivity contribution >= 4 is 11.8 Å². The van der Waals surface area contributed by atoms with Gasteiger partial charge >= 0.3 is 0 Å². The molecular weight excluding hydrogens is 157 g/mol. The third-order valence-corrected chi connectivity index (χ3v) is 1.71. The molecule has 0 saturated carbocycles. The minimum Gasteiger partial charge on any atom is -0.619 e. The molecule has 60 valence electrons. The van der Waals surface area contributed by atoms with Gasteiger partial charge in [0.05, 0.1) is 0 Å². The predicted octanol–water partition coefficient (Wildman–Crippen LogP) is 1.76. The average molecular weight is 163 g/mol. The van der Waals surface area contributed by atoms with Crippen molar-refractivity contribution in [2.75, 3.05) is 0 Å². The van der Waals surface area contributed by atoms with Gasteiger partial charge in [-0.3, -0.25) is 0 Å². The molecule has 0 atom stereocenters. The fourth-order valence-electron chi connectivity index (χ4n) is 1.05. The minimum absolute atomic E-state index is 0.266. The van der Waals surface area contributed by atoms with Crippen LogP contribution in [-0.2, 0) is 0 Å². The van der Waals surface area contributed by atoms with Crippen LogP contribution in [0.4, 0.5) is 4.39 Å². The second-order valence-electron chi connectivity index (χ2n) is 2.58. The molecule has 0 aromatic heterocycles. The molecule has 12 heavy (non-hydrogen) atoms. The zero-order valence-electron chi connectivity index (χ0n) is 6.20. The number of hydrogen-bond donors (Lipinski definition) is 0. The number of allylic oxidation sites excluding steroid dienone is 1. The van der Waals surface area contributed by atoms with Gasteiger partial charge in [-0.2, -0.15) is 4.74 Å². The summed E-state index contributed by atoms with van der Waals surface area (Å²) in [5.74, 6) is -0.266. The summed E-state index contributed by atoms with van der Waals surface area (Å²) in [6.45, 7) is 0. The Bertz CT molecular complexity index is 365. The van der Waals surface area contributed by atoms with E-state index in [9.17, 15) is 9.60 Å². The summed E-state index contributed by atoms with van der Waals surface area (Å²) in [4.78, 5) is 0. The van der Waals surface area contributed by atoms with E-state index in [1.165, 1.54) is 24.5 Å². The Morgan fingerprint density at radius 3 is 2.25 bits per heavy atom. The molecule has 0 spiro atoms. The number of rotatable bonds is 1. The fraction of sp³-hybridized carbons (Fsp3) is 0. The van der Waals surface area contributed by atoms with Gasteiger partial charge in [-0.1, -0.05) is 12.1 Å². The van der Waals surface area contributed by atoms with Gasteiger partial charge in [0.2, 0.25) is 0 Å². The molecule has 0 radical (unpaired) electrons. The van der Waals surface area contributed by atoms with E-state index in [-0.39, 0.29) is 5.82 Å². The molecule has 2 rings (SSSR count). The maximum Gasteiger partial charge on any atom is 0.194 e. The summed E-state index contributed by atoms with van der Waals surface area (Å²) in [6.07, 6.45) is 2.90. The van der Waals surface area contributed by atoms with Crippen molar-refractivity contribution in [2.24, 2.45) is 0 Å². The van der Waals surface area contributed by atoms with Crippen LogP contribution in [0.3, 0.4) is 0 Å². The van der Waals surface area contributed by atoms with Gasteiger partial charge in [0, 0.05) is 0 Å². The summed E-state index contributed by atoms with van der Waals surface area (Å²) in [7, 11) is 0. The lowest BCUT2D eigenvalue weighted by molar-refractivity contribution is -0.380. The second-order valence-corrected chi connectivity index (χ2v) is 2.58. The molecule has 1 aromatic carbocycles. The third kappa shape index (κ3) is 1.09. The Labute approximate surface area is 68.8 Å². The van der Waals surface area contributed by atoms with Crippen molar-refractivity contribution in [3.8, 4) is 0 Å². The van der Waals surface area contributed by atoms with Crippen LogP contribution in [0.25, 0.3) is 5.57 Å². The molecule has 0 saturated heterocycles. The van der Waals surface area contributed by atoms with E-state index in [0.717, 1.165) is 15.9 Å². The Kier molecular flexibility index (Phi) is 1.43. The van der Waals surface area contributed by atoms with Crippen molar-refractivity contribution < 1.29 is 9.13 Å². The van der Waals surface area contributed by atoms with Gasteiger partial charge in [-0.15, -0.1) is 0 Å². The predicted molar refractivity (Wildman–Crippen MR) is 44.1 cm³/mol. The first-order valence-electron chi connectivity index (χ1n) is 3.54. The zero-order chi connectivity index (χ0) is 8.55. The van der Waals surface area contributed by atoms with Crippen molar-refractivity contribution in [2.45, 2.75) is 0 Å². The van der Waals surface area contributed by atoms with Crippen molar-refractivity contribution in [1.29, 1.82) is 0 Å². The summed E-state index contributed by atoms with van der Waals surface area (Å²) < 4.78 is 13.2. The Morgan fingerprint density at radius 2 is 1.75 bits per heavy atom. The van der Waals surface area contributed by atoms with Crippen LogP contribution in [0.2, 0.25) is 0 Å². The lowest BCUT2D eigenvalue weighted by Crippen LogP contribution is -2.09. The molecule has 1 aliphatic heterocycles. The first-order chi connectivity index (χ1) is 5.75. The highest BCUT2D eigenvalue weighted by atomic mass is 19.1. The highest BCUT2D eigenvalue weighted by Gasteiger charge is 2.12. The van der Waals surface area contributed by atoms with E-state index in [4.69, 9.17) is 0 Å². The van der Waals surface area contributed by atoms with Crippen molar-refractivity contribution in [3.05, 3.63) is 47.1 Å². The van der Waals surface area contributed by atoms with E-state index < -0.39 is 0 Å². The highest BCUT2D eigenvalue weighted by molar-refractivity contribution is 6.10. The maximum atomic E-state index is 12.4. The molecule has 1 heterocycles. The third-order valence-electron chi connectivity index (χ3n) is 1.71. The number of hydrogen-bond acceptors (Lipinski definition) is 1. The second kappa shape index (κ2) is 2.44. The molecule has 0 bridgehead atoms. The van der Waals surface area contributed by atoms with Crippen LogP contribution in [-0.4, -0.2) is 11.0 Å². The number of halogens is 1. The highest BCUT2D eigenvalue weighted by Crippen LogP contribution is 2.16. The van der Waals surface area contributed by atoms with Crippen LogP contribution < -0.4 is 0 Å². The van der Waals surface area contributed by atoms with E-state index >= 15 is 0 Å². The molecule has 1 aromatic rings. The minimum atomic E-state index is -0.266. The Hall–Kier alpha value is -1.64. The quantitative estimate of drug-likeness (QED) is 0.457. The van der Waals surface area contributed by atoms with Crippen LogP contribution in [0.1, 0.15) is 5.56 Å². The number of hydroxylamine groups is 1. The summed E-state index contributed by atoms with van der Waals surface area (Å²) in [5.41, 5.74) is 1.70. The number of benzene rings is 1. The van der Waals surface area contributed by atoms with Crippen molar-refractivity contribution in [3.63, 3.8) is 0 Å². The van der Waals surface area contributed by atoms with Gasteiger partial charge < -0.3 is 5.21 Å². The Morgan fingerprint density at radius 1 is 1.17 bits per heavy atom. The molecule has 0 fully saturated rings. The zero-order valence-corrected chi connectivity index (χ0v) is 6.20. The SMILES string of the molecule is [O-][N+]1=CC(c2ccc(F)cc2)=C1. The summed E-state index contributed by atoms with van der Waals surface area (Å²) in [5, 5.41) is 10.5. The molecule has 3 heteroatoms. The summed E-state index contributed by atoms with van der Waals surface area (Å²) in [6, 6.07) is 6.03. The molecule has 0 N–H and O–H groups in total. The van der Waals surface area contributed by atoms with E-state index in [2.05, 4.69) is 0 Å². The van der Waals surface area contributed by atoms with Crippen LogP contribution in [0.15, 0.2) is 30.5 Å². The normalized spacial score (nSPS) is 14.8. The van der Waals surface area contributed by atoms with Crippen LogP contribution in [0.5, 0.6) is 0 Å².